The first-order valence-electron chi connectivity index (χ1n) is 7.67. The van der Waals surface area contributed by atoms with Crippen LogP contribution in [0.5, 0.6) is 0 Å². The lowest BCUT2D eigenvalue weighted by Gasteiger charge is -2.45. The minimum absolute atomic E-state index is 0.335. The van der Waals surface area contributed by atoms with Crippen LogP contribution in [0.15, 0.2) is 24.3 Å². The number of fused-ring (bicyclic) bond motifs is 2. The fourth-order valence-corrected chi connectivity index (χ4v) is 5.33. The minimum Gasteiger partial charge on any atom is -0.480 e. The van der Waals surface area contributed by atoms with Crippen LogP contribution in [-0.4, -0.2) is 53.1 Å². The first kappa shape index (κ1) is 15.5. The van der Waals surface area contributed by atoms with E-state index in [1.54, 1.807) is 0 Å². The number of nitrogens with zero attached hydrogens (tertiary/aromatic N) is 2. The maximum absolute atomic E-state index is 12.5. The molecule has 0 aliphatic carbocycles. The van der Waals surface area contributed by atoms with E-state index in [0.717, 1.165) is 11.0 Å². The number of rotatable bonds is 3. The molecule has 1 aromatic heterocycles. The van der Waals surface area contributed by atoms with Gasteiger partial charge in [0.05, 0.1) is 16.4 Å². The molecule has 3 heterocycles. The number of aromatic amines is 1. The van der Waals surface area contributed by atoms with Gasteiger partial charge < -0.3 is 20.1 Å². The van der Waals surface area contributed by atoms with Gasteiger partial charge in [0.25, 0.3) is 0 Å². The highest BCUT2D eigenvalue weighted by Gasteiger charge is 2.65. The van der Waals surface area contributed by atoms with Gasteiger partial charge in [-0.25, -0.2) is 9.78 Å². The number of carboxylic acid groups (broad SMARTS) is 1. The second-order valence-corrected chi connectivity index (χ2v) is 8.48. The fourth-order valence-electron chi connectivity index (χ4n) is 3.62. The Bertz CT molecular complexity index is 816. The summed E-state index contributed by atoms with van der Waals surface area (Å²) < 4.78 is -0.603. The van der Waals surface area contributed by atoms with Crippen LogP contribution in [0.25, 0.3) is 11.0 Å². The van der Waals surface area contributed by atoms with Gasteiger partial charge in [0, 0.05) is 4.75 Å². The predicted molar refractivity (Wildman–Crippen MR) is 88.3 cm³/mol. The lowest BCUT2D eigenvalue weighted by Crippen LogP contribution is -2.64. The van der Waals surface area contributed by atoms with Crippen molar-refractivity contribution in [1.29, 1.82) is 0 Å². The van der Waals surface area contributed by atoms with Gasteiger partial charge in [0.1, 0.15) is 23.9 Å². The molecule has 2 aromatic rings. The van der Waals surface area contributed by atoms with Crippen molar-refractivity contribution in [3.05, 3.63) is 30.1 Å². The molecule has 7 nitrogen and oxygen atoms in total. The molecule has 3 N–H and O–H groups in total. The van der Waals surface area contributed by atoms with Crippen molar-refractivity contribution in [2.75, 3.05) is 0 Å². The molecule has 0 unspecified atom stereocenters. The number of aromatic nitrogens is 2. The Kier molecular flexibility index (Phi) is 3.20. The zero-order valence-corrected chi connectivity index (χ0v) is 13.9. The summed E-state index contributed by atoms with van der Waals surface area (Å²) in [6.45, 7) is 3.62. The summed E-state index contributed by atoms with van der Waals surface area (Å²) in [5.41, 5.74) is 1.51. The molecule has 0 radical (unpaired) electrons. The summed E-state index contributed by atoms with van der Waals surface area (Å²) in [4.78, 5) is 32.8. The van der Waals surface area contributed by atoms with Gasteiger partial charge in [-0.1, -0.05) is 12.1 Å². The predicted octanol–water partition coefficient (Wildman–Crippen LogP) is 1.36. The summed E-state index contributed by atoms with van der Waals surface area (Å²) >= 11 is 1.42. The van der Waals surface area contributed by atoms with E-state index in [2.05, 4.69) is 9.97 Å². The van der Waals surface area contributed by atoms with Crippen molar-refractivity contribution in [3.8, 4) is 0 Å². The van der Waals surface area contributed by atoms with Crippen molar-refractivity contribution < 1.29 is 19.8 Å². The highest BCUT2D eigenvalue weighted by molar-refractivity contribution is 8.01. The van der Waals surface area contributed by atoms with Crippen LogP contribution in [0.2, 0.25) is 0 Å². The third-order valence-corrected chi connectivity index (χ3v) is 6.34. The van der Waals surface area contributed by atoms with Gasteiger partial charge in [0.2, 0.25) is 5.91 Å². The topological polar surface area (TPSA) is 107 Å². The average molecular weight is 347 g/mol. The molecule has 2 saturated heterocycles. The van der Waals surface area contributed by atoms with Crippen molar-refractivity contribution >= 4 is 34.7 Å². The zero-order valence-electron chi connectivity index (χ0n) is 13.1. The number of carbonyl (C=O) groups excluding carboxylic acids is 1. The highest BCUT2D eigenvalue weighted by Crippen LogP contribution is 2.55. The van der Waals surface area contributed by atoms with Crippen molar-refractivity contribution in [2.45, 2.75) is 36.1 Å². The van der Waals surface area contributed by atoms with E-state index in [4.69, 9.17) is 0 Å². The molecular weight excluding hydrogens is 330 g/mol. The molecule has 1 amide bonds. The number of carboxylic acids is 1. The number of aliphatic hydroxyl groups is 1. The first-order chi connectivity index (χ1) is 11.3. The van der Waals surface area contributed by atoms with Crippen molar-refractivity contribution in [3.63, 3.8) is 0 Å². The standard InChI is InChI=1S/C16H17N3O4S/c1-16(2)11(15(22)23)19-13(21)9(14(19)24-16)10(20)12-17-7-5-3-4-6-8(7)18-12/h3-6,9-11,14,20H,1-2H3,(H,17,18)(H,22,23)/t9-,10+,11+,14-/m1/s1. The van der Waals surface area contributed by atoms with Crippen LogP contribution >= 0.6 is 11.8 Å². The zero-order chi connectivity index (χ0) is 17.2. The quantitative estimate of drug-likeness (QED) is 0.724. The smallest absolute Gasteiger partial charge is 0.327 e. The molecule has 2 aliphatic rings. The van der Waals surface area contributed by atoms with Gasteiger partial charge >= 0.3 is 5.97 Å². The Hall–Kier alpha value is -2.06. The molecule has 0 spiro atoms. The van der Waals surface area contributed by atoms with Crippen molar-refractivity contribution in [1.82, 2.24) is 14.9 Å². The number of carbonyl (C=O) groups is 2. The molecule has 2 fully saturated rings. The third kappa shape index (κ3) is 1.99. The maximum Gasteiger partial charge on any atom is 0.327 e. The Morgan fingerprint density at radius 2 is 2.12 bits per heavy atom. The Balaban J connectivity index is 1.64. The van der Waals surface area contributed by atoms with Crippen molar-refractivity contribution in [2.24, 2.45) is 5.92 Å². The average Bonchev–Trinajstić information content (AvgIpc) is 3.04. The first-order valence-corrected chi connectivity index (χ1v) is 8.55. The summed E-state index contributed by atoms with van der Waals surface area (Å²) in [6, 6.07) is 6.51. The number of β-lactam (4-membered cyclic amide) rings is 1. The molecular formula is C16H17N3O4S. The van der Waals surface area contributed by atoms with Crippen LogP contribution in [0.1, 0.15) is 25.8 Å². The van der Waals surface area contributed by atoms with E-state index in [0.29, 0.717) is 5.82 Å². The Morgan fingerprint density at radius 1 is 1.42 bits per heavy atom. The van der Waals surface area contributed by atoms with Crippen LogP contribution < -0.4 is 0 Å². The molecule has 0 saturated carbocycles. The lowest BCUT2D eigenvalue weighted by molar-refractivity contribution is -0.169. The summed E-state index contributed by atoms with van der Waals surface area (Å²) in [6.07, 6.45) is -1.08. The van der Waals surface area contributed by atoms with E-state index in [1.807, 2.05) is 38.1 Å². The Morgan fingerprint density at radius 3 is 2.79 bits per heavy atom. The van der Waals surface area contributed by atoms with E-state index in [9.17, 15) is 19.8 Å². The minimum atomic E-state index is -1.08. The number of aliphatic carboxylic acids is 1. The SMILES string of the molecule is CC1(C)S[C@@H]2[C@H]([C@H](O)c3nc4ccccc4[nH]3)C(=O)N2[C@H]1C(=O)O. The summed E-state index contributed by atoms with van der Waals surface area (Å²) in [7, 11) is 0. The normalized spacial score (nSPS) is 29.4. The highest BCUT2D eigenvalue weighted by atomic mass is 32.2. The lowest BCUT2D eigenvalue weighted by atomic mass is 9.87. The van der Waals surface area contributed by atoms with Gasteiger partial charge in [-0.3, -0.25) is 4.79 Å². The van der Waals surface area contributed by atoms with Crippen LogP contribution in [0.3, 0.4) is 0 Å². The van der Waals surface area contributed by atoms with Gasteiger partial charge in [-0.15, -0.1) is 11.8 Å². The molecule has 4 rings (SSSR count). The van der Waals surface area contributed by atoms with Crippen LogP contribution in [0, 0.1) is 5.92 Å². The molecule has 1 aromatic carbocycles. The molecule has 2 aliphatic heterocycles. The van der Waals surface area contributed by atoms with E-state index in [1.165, 1.54) is 16.7 Å². The molecule has 4 atom stereocenters. The molecule has 8 heteroatoms. The number of hydrogen-bond donors (Lipinski definition) is 3. The van der Waals surface area contributed by atoms with Gasteiger partial charge in [-0.05, 0) is 26.0 Å². The third-order valence-electron chi connectivity index (χ3n) is 4.74. The molecule has 126 valence electrons. The van der Waals surface area contributed by atoms with Crippen LogP contribution in [-0.2, 0) is 9.59 Å². The number of para-hydroxylation sites is 2. The number of nitrogens with one attached hydrogen (secondary N) is 1. The number of hydrogen-bond acceptors (Lipinski definition) is 5. The number of amides is 1. The molecule has 24 heavy (non-hydrogen) atoms. The molecule has 0 bridgehead atoms. The second-order valence-electron chi connectivity index (χ2n) is 6.71. The number of thioether (sulfide) groups is 1. The monoisotopic (exact) mass is 347 g/mol. The number of aliphatic hydroxyl groups excluding tert-OH is 1. The Labute approximate surface area is 142 Å². The summed E-state index contributed by atoms with van der Waals surface area (Å²) in [5.74, 6) is -1.69. The summed E-state index contributed by atoms with van der Waals surface area (Å²) in [5, 5.41) is 19.7. The maximum atomic E-state index is 12.5. The van der Waals surface area contributed by atoms with E-state index >= 15 is 0 Å². The number of benzene rings is 1. The number of H-pyrrole nitrogens is 1. The van der Waals surface area contributed by atoms with E-state index < -0.39 is 28.8 Å². The fraction of sp³-hybridized carbons (Fsp3) is 0.438. The van der Waals surface area contributed by atoms with Gasteiger partial charge in [0.15, 0.2) is 0 Å². The second kappa shape index (κ2) is 4.97. The largest absolute Gasteiger partial charge is 0.480 e. The van der Waals surface area contributed by atoms with Crippen LogP contribution in [0.4, 0.5) is 0 Å². The van der Waals surface area contributed by atoms with Gasteiger partial charge in [-0.2, -0.15) is 0 Å². The number of imidazole rings is 1. The van der Waals surface area contributed by atoms with E-state index in [-0.39, 0.29) is 11.3 Å².